The van der Waals surface area contributed by atoms with Gasteiger partial charge in [-0.2, -0.15) is 5.26 Å². The Hall–Kier alpha value is -1.87. The first-order valence-corrected chi connectivity index (χ1v) is 6.06. The molecule has 1 aromatic carbocycles. The highest BCUT2D eigenvalue weighted by Gasteiger charge is 2.22. The lowest BCUT2D eigenvalue weighted by Gasteiger charge is -2.24. The molecule has 19 heavy (non-hydrogen) atoms. The van der Waals surface area contributed by atoms with E-state index in [1.54, 1.807) is 18.7 Å². The van der Waals surface area contributed by atoms with E-state index in [0.29, 0.717) is 6.54 Å². The molecular formula is C12H13ClFN3O2. The number of nitro groups is 1. The fourth-order valence-electron chi connectivity index (χ4n) is 1.69. The van der Waals surface area contributed by atoms with Gasteiger partial charge in [0.15, 0.2) is 0 Å². The summed E-state index contributed by atoms with van der Waals surface area (Å²) in [6.45, 7) is 4.18. The minimum atomic E-state index is -0.717. The van der Waals surface area contributed by atoms with E-state index in [2.05, 4.69) is 0 Å². The van der Waals surface area contributed by atoms with Crippen molar-refractivity contribution in [3.05, 3.63) is 33.1 Å². The Labute approximate surface area is 115 Å². The van der Waals surface area contributed by atoms with Crippen molar-refractivity contribution in [2.45, 2.75) is 13.8 Å². The normalized spacial score (nSPS) is 11.7. The van der Waals surface area contributed by atoms with E-state index in [0.717, 1.165) is 12.1 Å². The molecule has 1 aromatic rings. The summed E-state index contributed by atoms with van der Waals surface area (Å²) in [7, 11) is 0. The van der Waals surface area contributed by atoms with Crippen LogP contribution in [0.4, 0.5) is 15.8 Å². The summed E-state index contributed by atoms with van der Waals surface area (Å²) in [5.74, 6) is -1.04. The van der Waals surface area contributed by atoms with Gasteiger partial charge in [-0.05, 0) is 13.8 Å². The quantitative estimate of drug-likeness (QED) is 0.614. The fraction of sp³-hybridized carbons (Fsp3) is 0.417. The summed E-state index contributed by atoms with van der Waals surface area (Å²) >= 11 is 5.56. The van der Waals surface area contributed by atoms with Crippen LogP contribution in [0.1, 0.15) is 13.8 Å². The van der Waals surface area contributed by atoms with E-state index < -0.39 is 10.7 Å². The molecule has 0 spiro atoms. The van der Waals surface area contributed by atoms with Gasteiger partial charge in [0.05, 0.1) is 21.9 Å². The highest BCUT2D eigenvalue weighted by atomic mass is 35.5. The number of nitriles is 1. The minimum Gasteiger partial charge on any atom is -0.365 e. The lowest BCUT2D eigenvalue weighted by molar-refractivity contribution is -0.384. The molecule has 0 heterocycles. The van der Waals surface area contributed by atoms with E-state index in [9.17, 15) is 14.5 Å². The molecule has 0 fully saturated rings. The molecule has 0 aromatic heterocycles. The Morgan fingerprint density at radius 1 is 1.63 bits per heavy atom. The number of hydrogen-bond acceptors (Lipinski definition) is 4. The van der Waals surface area contributed by atoms with Gasteiger partial charge in [0, 0.05) is 25.2 Å². The Morgan fingerprint density at radius 2 is 2.26 bits per heavy atom. The predicted octanol–water partition coefficient (Wildman–Crippen LogP) is 3.37. The van der Waals surface area contributed by atoms with Crippen molar-refractivity contribution in [1.29, 1.82) is 5.26 Å². The number of nitro benzene ring substituents is 1. The fourth-order valence-corrected chi connectivity index (χ4v) is 1.85. The maximum atomic E-state index is 13.5. The predicted molar refractivity (Wildman–Crippen MR) is 70.7 cm³/mol. The van der Waals surface area contributed by atoms with E-state index in [4.69, 9.17) is 16.9 Å². The Balaban J connectivity index is 3.26. The number of anilines is 1. The van der Waals surface area contributed by atoms with Gasteiger partial charge in [0.2, 0.25) is 0 Å². The molecule has 1 atom stereocenters. The zero-order valence-corrected chi connectivity index (χ0v) is 11.3. The van der Waals surface area contributed by atoms with Crippen LogP contribution < -0.4 is 4.90 Å². The highest BCUT2D eigenvalue weighted by Crippen LogP contribution is 2.33. The first-order chi connectivity index (χ1) is 8.90. The molecule has 5 nitrogen and oxygen atoms in total. The standard InChI is InChI=1S/C12H13ClFN3O2/c1-3-16(7-8(2)6-15)11-5-10(14)9(13)4-12(11)17(18)19/h4-5,8H,3,7H2,1-2H3. The molecule has 1 unspecified atom stereocenters. The van der Waals surface area contributed by atoms with Crippen molar-refractivity contribution in [2.24, 2.45) is 5.92 Å². The van der Waals surface area contributed by atoms with Crippen LogP contribution in [0.3, 0.4) is 0 Å². The van der Waals surface area contributed by atoms with Gasteiger partial charge in [0.25, 0.3) is 5.69 Å². The molecule has 0 saturated heterocycles. The third-order valence-electron chi connectivity index (χ3n) is 2.65. The molecular weight excluding hydrogens is 273 g/mol. The zero-order valence-electron chi connectivity index (χ0n) is 10.6. The van der Waals surface area contributed by atoms with Gasteiger partial charge < -0.3 is 4.90 Å². The zero-order chi connectivity index (χ0) is 14.6. The van der Waals surface area contributed by atoms with Crippen molar-refractivity contribution in [3.8, 4) is 6.07 Å². The van der Waals surface area contributed by atoms with Gasteiger partial charge in [-0.1, -0.05) is 11.6 Å². The topological polar surface area (TPSA) is 70.2 Å². The SMILES string of the molecule is CCN(CC(C)C#N)c1cc(F)c(Cl)cc1[N+](=O)[O-]. The number of benzene rings is 1. The van der Waals surface area contributed by atoms with Crippen LogP contribution in [0.25, 0.3) is 0 Å². The first kappa shape index (κ1) is 15.2. The second kappa shape index (κ2) is 6.34. The third-order valence-corrected chi connectivity index (χ3v) is 2.94. The Morgan fingerprint density at radius 3 is 2.74 bits per heavy atom. The second-order valence-electron chi connectivity index (χ2n) is 4.08. The molecule has 1 rings (SSSR count). The number of nitrogens with zero attached hydrogens (tertiary/aromatic N) is 3. The lowest BCUT2D eigenvalue weighted by Crippen LogP contribution is -2.28. The maximum absolute atomic E-state index is 13.5. The van der Waals surface area contributed by atoms with Gasteiger partial charge in [0.1, 0.15) is 11.5 Å². The van der Waals surface area contributed by atoms with Crippen LogP contribution in [-0.4, -0.2) is 18.0 Å². The molecule has 102 valence electrons. The number of hydrogen-bond donors (Lipinski definition) is 0. The van der Waals surface area contributed by atoms with Crippen molar-refractivity contribution < 1.29 is 9.31 Å². The van der Waals surface area contributed by atoms with E-state index in [1.807, 2.05) is 6.07 Å². The summed E-state index contributed by atoms with van der Waals surface area (Å²) in [4.78, 5) is 12.0. The molecule has 0 saturated carbocycles. The number of rotatable bonds is 5. The van der Waals surface area contributed by atoms with E-state index >= 15 is 0 Å². The lowest BCUT2D eigenvalue weighted by atomic mass is 10.1. The maximum Gasteiger partial charge on any atom is 0.294 e. The average molecular weight is 286 g/mol. The van der Waals surface area contributed by atoms with Crippen molar-refractivity contribution in [2.75, 3.05) is 18.0 Å². The first-order valence-electron chi connectivity index (χ1n) is 5.68. The molecule has 0 radical (unpaired) electrons. The molecule has 0 amide bonds. The van der Waals surface area contributed by atoms with Crippen LogP contribution in [0.2, 0.25) is 5.02 Å². The van der Waals surface area contributed by atoms with Crippen LogP contribution in [0, 0.1) is 33.2 Å². The van der Waals surface area contributed by atoms with E-state index in [-0.39, 0.29) is 28.9 Å². The van der Waals surface area contributed by atoms with Crippen LogP contribution in [0.15, 0.2) is 12.1 Å². The molecule has 0 aliphatic carbocycles. The number of halogens is 2. The van der Waals surface area contributed by atoms with Crippen molar-refractivity contribution in [3.63, 3.8) is 0 Å². The van der Waals surface area contributed by atoms with Crippen molar-refractivity contribution in [1.82, 2.24) is 0 Å². The molecule has 0 aliphatic rings. The Bertz CT molecular complexity index is 530. The van der Waals surface area contributed by atoms with Crippen LogP contribution >= 0.6 is 11.6 Å². The van der Waals surface area contributed by atoms with Gasteiger partial charge in [-0.25, -0.2) is 4.39 Å². The van der Waals surface area contributed by atoms with Crippen LogP contribution in [0.5, 0.6) is 0 Å². The summed E-state index contributed by atoms with van der Waals surface area (Å²) in [6.07, 6.45) is 0. The van der Waals surface area contributed by atoms with Gasteiger partial charge in [-0.3, -0.25) is 10.1 Å². The van der Waals surface area contributed by atoms with Crippen LogP contribution in [-0.2, 0) is 0 Å². The van der Waals surface area contributed by atoms with E-state index in [1.165, 1.54) is 0 Å². The third kappa shape index (κ3) is 3.55. The summed E-state index contributed by atoms with van der Waals surface area (Å²) in [6, 6.07) is 4.07. The van der Waals surface area contributed by atoms with Crippen molar-refractivity contribution >= 4 is 23.0 Å². The average Bonchev–Trinajstić information content (AvgIpc) is 2.38. The largest absolute Gasteiger partial charge is 0.365 e. The summed E-state index contributed by atoms with van der Waals surface area (Å²) in [5, 5.41) is 19.5. The van der Waals surface area contributed by atoms with Gasteiger partial charge >= 0.3 is 0 Å². The molecule has 0 bridgehead atoms. The monoisotopic (exact) mass is 285 g/mol. The Kier molecular flexibility index (Phi) is 5.07. The molecule has 0 N–H and O–H groups in total. The summed E-state index contributed by atoms with van der Waals surface area (Å²) < 4.78 is 13.5. The smallest absolute Gasteiger partial charge is 0.294 e. The highest BCUT2D eigenvalue weighted by molar-refractivity contribution is 6.31. The summed E-state index contributed by atoms with van der Waals surface area (Å²) in [5.41, 5.74) is -0.130. The molecule has 7 heteroatoms. The second-order valence-corrected chi connectivity index (χ2v) is 4.49. The molecule has 0 aliphatic heterocycles. The van der Waals surface area contributed by atoms with Gasteiger partial charge in [-0.15, -0.1) is 0 Å². The minimum absolute atomic E-state index is 0.136.